The van der Waals surface area contributed by atoms with E-state index in [4.69, 9.17) is 9.57 Å². The van der Waals surface area contributed by atoms with Gasteiger partial charge in [-0.2, -0.15) is 0 Å². The molecule has 2 atom stereocenters. The molecule has 2 unspecified atom stereocenters. The van der Waals surface area contributed by atoms with Crippen molar-refractivity contribution in [2.45, 2.75) is 18.8 Å². The van der Waals surface area contributed by atoms with Crippen molar-refractivity contribution >= 4 is 23.9 Å². The van der Waals surface area contributed by atoms with Crippen LogP contribution in [0.15, 0.2) is 72.8 Å². The van der Waals surface area contributed by atoms with E-state index in [1.807, 2.05) is 24.3 Å². The molecule has 2 aliphatic carbocycles. The summed E-state index contributed by atoms with van der Waals surface area (Å²) in [6, 6.07) is 22.7. The molecule has 190 valence electrons. The van der Waals surface area contributed by atoms with Crippen LogP contribution >= 0.6 is 0 Å². The molecule has 2 aliphatic heterocycles. The Morgan fingerprint density at radius 2 is 1.37 bits per heavy atom. The molecular weight excluding hydrogens is 484 g/mol. The van der Waals surface area contributed by atoms with Gasteiger partial charge in [-0.05, 0) is 47.2 Å². The summed E-state index contributed by atoms with van der Waals surface area (Å²) in [5.41, 5.74) is 4.68. The third-order valence-corrected chi connectivity index (χ3v) is 8.39. The van der Waals surface area contributed by atoms with E-state index in [1.54, 1.807) is 17.0 Å². The van der Waals surface area contributed by atoms with Gasteiger partial charge in [-0.25, -0.2) is 9.59 Å². The molecule has 1 spiro atoms. The number of amides is 3. The number of likely N-dealkylation sites (tertiary alicyclic amines) is 1. The van der Waals surface area contributed by atoms with Crippen LogP contribution in [0.25, 0.3) is 11.1 Å². The summed E-state index contributed by atoms with van der Waals surface area (Å²) in [5, 5.41) is 0.553. The fraction of sp³-hybridized carbons (Fsp3) is 0.267. The van der Waals surface area contributed by atoms with Gasteiger partial charge in [-0.15, -0.1) is 0 Å². The Bertz CT molecular complexity index is 1450. The first kappa shape index (κ1) is 22.7. The number of ether oxygens (including phenoxy) is 1. The smallest absolute Gasteiger partial charge is 0.409 e. The highest BCUT2D eigenvalue weighted by Crippen LogP contribution is 2.59. The highest BCUT2D eigenvalue weighted by molar-refractivity contribution is 6.20. The largest absolute Gasteiger partial charge is 0.448 e. The molecule has 1 saturated carbocycles. The molecule has 3 aromatic rings. The second-order valence-electron chi connectivity index (χ2n) is 10.5. The van der Waals surface area contributed by atoms with Gasteiger partial charge >= 0.3 is 12.1 Å². The van der Waals surface area contributed by atoms with Crippen LogP contribution in [0.2, 0.25) is 0 Å². The molecule has 1 saturated heterocycles. The maximum absolute atomic E-state index is 13.0. The van der Waals surface area contributed by atoms with Crippen molar-refractivity contribution in [3.05, 3.63) is 95.1 Å². The molecular formula is C30H24N2O6. The molecule has 7 rings (SSSR count). The minimum atomic E-state index is -0.639. The lowest BCUT2D eigenvalue weighted by atomic mass is 9.98. The number of benzene rings is 3. The van der Waals surface area contributed by atoms with Crippen LogP contribution in [-0.2, 0) is 14.4 Å². The van der Waals surface area contributed by atoms with E-state index in [9.17, 15) is 19.2 Å². The molecule has 0 aromatic heterocycles. The third kappa shape index (κ3) is 3.36. The molecule has 3 amide bonds. The minimum Gasteiger partial charge on any atom is -0.448 e. The number of rotatable bonds is 4. The second kappa shape index (κ2) is 8.28. The van der Waals surface area contributed by atoms with Gasteiger partial charge in [0, 0.05) is 24.4 Å². The van der Waals surface area contributed by atoms with Crippen LogP contribution in [0.1, 0.15) is 50.6 Å². The lowest BCUT2D eigenvalue weighted by molar-refractivity contribution is -0.171. The third-order valence-electron chi connectivity index (χ3n) is 8.39. The van der Waals surface area contributed by atoms with Crippen LogP contribution < -0.4 is 0 Å². The van der Waals surface area contributed by atoms with E-state index in [2.05, 4.69) is 24.3 Å². The highest BCUT2D eigenvalue weighted by Gasteiger charge is 2.63. The van der Waals surface area contributed by atoms with Crippen LogP contribution in [0, 0.1) is 11.3 Å². The number of hydroxylamine groups is 2. The van der Waals surface area contributed by atoms with Gasteiger partial charge < -0.3 is 14.5 Å². The van der Waals surface area contributed by atoms with E-state index in [-0.39, 0.29) is 23.7 Å². The normalized spacial score (nSPS) is 22.9. The lowest BCUT2D eigenvalue weighted by Crippen LogP contribution is -2.34. The molecule has 0 radical (unpaired) electrons. The predicted octanol–water partition coefficient (Wildman–Crippen LogP) is 4.40. The molecule has 2 fully saturated rings. The van der Waals surface area contributed by atoms with E-state index in [1.165, 1.54) is 23.3 Å². The van der Waals surface area contributed by atoms with Crippen LogP contribution in [-0.4, -0.2) is 53.5 Å². The van der Waals surface area contributed by atoms with Crippen molar-refractivity contribution in [3.63, 3.8) is 0 Å². The summed E-state index contributed by atoms with van der Waals surface area (Å²) in [5.74, 6) is -2.39. The summed E-state index contributed by atoms with van der Waals surface area (Å²) < 4.78 is 5.79. The number of nitrogens with zero attached hydrogens (tertiary/aromatic N) is 2. The Morgan fingerprint density at radius 3 is 1.97 bits per heavy atom. The van der Waals surface area contributed by atoms with Gasteiger partial charge in [0.15, 0.2) is 0 Å². The quantitative estimate of drug-likeness (QED) is 0.485. The SMILES string of the molecule is O=C(ON1C(=O)c2ccccc2C1=O)C1CC12CCN(C(=O)OCC1c3ccccc3-c3ccccc31)C2. The topological polar surface area (TPSA) is 93.2 Å². The zero-order valence-corrected chi connectivity index (χ0v) is 20.5. The first-order chi connectivity index (χ1) is 18.5. The van der Waals surface area contributed by atoms with Gasteiger partial charge in [0.2, 0.25) is 0 Å². The van der Waals surface area contributed by atoms with Crippen molar-refractivity contribution in [2.24, 2.45) is 11.3 Å². The Labute approximate surface area is 218 Å². The lowest BCUT2D eigenvalue weighted by Gasteiger charge is -2.19. The van der Waals surface area contributed by atoms with Gasteiger partial charge in [0.1, 0.15) is 6.61 Å². The molecule has 0 bridgehead atoms. The monoisotopic (exact) mass is 508 g/mol. The minimum absolute atomic E-state index is 0.0220. The summed E-state index contributed by atoms with van der Waals surface area (Å²) in [6.07, 6.45) is 0.782. The molecule has 3 aromatic carbocycles. The predicted molar refractivity (Wildman–Crippen MR) is 135 cm³/mol. The molecule has 8 heteroatoms. The standard InChI is InChI=1S/C30H24N2O6/c33-26-22-11-5-6-12-23(22)27(34)32(26)38-28(35)25-15-30(25)13-14-31(17-30)29(36)37-16-24-20-9-3-1-7-18(20)19-8-2-4-10-21(19)24/h1-12,24-25H,13-17H2. The number of carbonyl (C=O) groups excluding carboxylic acids is 4. The molecule has 2 heterocycles. The summed E-state index contributed by atoms with van der Waals surface area (Å²) in [7, 11) is 0. The number of carbonyl (C=O) groups is 4. The van der Waals surface area contributed by atoms with Gasteiger partial charge in [0.05, 0.1) is 17.0 Å². The maximum Gasteiger partial charge on any atom is 0.409 e. The van der Waals surface area contributed by atoms with Crippen molar-refractivity contribution < 1.29 is 28.8 Å². The Hall–Kier alpha value is -4.46. The van der Waals surface area contributed by atoms with Crippen LogP contribution in [0.5, 0.6) is 0 Å². The first-order valence-electron chi connectivity index (χ1n) is 12.8. The number of hydrogen-bond donors (Lipinski definition) is 0. The van der Waals surface area contributed by atoms with Gasteiger partial charge in [-0.3, -0.25) is 9.59 Å². The van der Waals surface area contributed by atoms with Crippen LogP contribution in [0.3, 0.4) is 0 Å². The van der Waals surface area contributed by atoms with E-state index in [0.29, 0.717) is 31.0 Å². The average Bonchev–Trinajstić information content (AvgIpc) is 3.21. The summed E-state index contributed by atoms with van der Waals surface area (Å²) >= 11 is 0. The van der Waals surface area contributed by atoms with Crippen LogP contribution in [0.4, 0.5) is 4.79 Å². The van der Waals surface area contributed by atoms with E-state index in [0.717, 1.165) is 11.1 Å². The molecule has 4 aliphatic rings. The second-order valence-corrected chi connectivity index (χ2v) is 10.5. The fourth-order valence-corrected chi connectivity index (χ4v) is 6.27. The summed E-state index contributed by atoms with van der Waals surface area (Å²) in [4.78, 5) is 57.8. The van der Waals surface area contributed by atoms with Crippen molar-refractivity contribution in [1.82, 2.24) is 9.96 Å². The highest BCUT2D eigenvalue weighted by atomic mass is 16.7. The van der Waals surface area contributed by atoms with Crippen molar-refractivity contribution in [2.75, 3.05) is 19.7 Å². The first-order valence-corrected chi connectivity index (χ1v) is 12.8. The molecule has 38 heavy (non-hydrogen) atoms. The van der Waals surface area contributed by atoms with Crippen molar-refractivity contribution in [1.29, 1.82) is 0 Å². The number of fused-ring (bicyclic) bond motifs is 4. The van der Waals surface area contributed by atoms with Gasteiger partial charge in [-0.1, -0.05) is 65.7 Å². The zero-order valence-electron chi connectivity index (χ0n) is 20.5. The fourth-order valence-electron chi connectivity index (χ4n) is 6.27. The molecule has 8 nitrogen and oxygen atoms in total. The Balaban J connectivity index is 0.974. The zero-order chi connectivity index (χ0) is 26.0. The van der Waals surface area contributed by atoms with E-state index < -0.39 is 35.2 Å². The number of hydrogen-bond acceptors (Lipinski definition) is 6. The number of imide groups is 1. The Morgan fingerprint density at radius 1 is 0.816 bits per heavy atom. The van der Waals surface area contributed by atoms with E-state index >= 15 is 0 Å². The van der Waals surface area contributed by atoms with Gasteiger partial charge in [0.25, 0.3) is 11.8 Å². The summed E-state index contributed by atoms with van der Waals surface area (Å²) in [6.45, 7) is 1.10. The van der Waals surface area contributed by atoms with Crippen molar-refractivity contribution in [3.8, 4) is 11.1 Å². The Kier molecular flexibility index (Phi) is 4.95. The average molecular weight is 509 g/mol. The molecule has 0 N–H and O–H groups in total. The maximum atomic E-state index is 13.0.